The Kier molecular flexibility index (Phi) is 33.1. The highest BCUT2D eigenvalue weighted by atomic mass is 32.2. The lowest BCUT2D eigenvalue weighted by molar-refractivity contribution is 0.104. The Bertz CT molecular complexity index is 1150. The predicted molar refractivity (Wildman–Crippen MR) is 248 cm³/mol. The summed E-state index contributed by atoms with van der Waals surface area (Å²) in [5.41, 5.74) is 1.65. The van der Waals surface area contributed by atoms with Gasteiger partial charge in [0.05, 0.1) is 13.2 Å². The molecule has 0 heterocycles. The number of carbonyl (C=O) groups is 1. The Morgan fingerprint density at radius 3 is 1.18 bits per heavy atom. The van der Waals surface area contributed by atoms with E-state index >= 15 is 0 Å². The number of rotatable bonds is 40. The Hall–Kier alpha value is -2.20. The summed E-state index contributed by atoms with van der Waals surface area (Å²) in [5, 5.41) is 0. The normalized spacial score (nSPS) is 11.5. The van der Waals surface area contributed by atoms with Gasteiger partial charge in [-0.15, -0.1) is 11.8 Å². The van der Waals surface area contributed by atoms with Crippen LogP contribution in [0.4, 0.5) is 0 Å². The van der Waals surface area contributed by atoms with E-state index in [1.54, 1.807) is 6.08 Å². The Labute approximate surface area is 351 Å². The number of ether oxygens (including phenoxy) is 2. The van der Waals surface area contributed by atoms with Gasteiger partial charge in [-0.3, -0.25) is 4.79 Å². The number of hydrogen-bond acceptors (Lipinski definition) is 4. The second-order valence-electron chi connectivity index (χ2n) is 16.4. The van der Waals surface area contributed by atoms with Gasteiger partial charge in [-0.25, -0.2) is 0 Å². The highest BCUT2D eigenvalue weighted by Gasteiger charge is 2.06. The molecule has 2 aromatic carbocycles. The Morgan fingerprint density at radius 1 is 0.464 bits per heavy atom. The highest BCUT2D eigenvalue weighted by molar-refractivity contribution is 7.99. The van der Waals surface area contributed by atoms with E-state index in [1.165, 1.54) is 185 Å². The van der Waals surface area contributed by atoms with Gasteiger partial charge < -0.3 is 9.47 Å². The van der Waals surface area contributed by atoms with Gasteiger partial charge in [0.1, 0.15) is 11.5 Å². The van der Waals surface area contributed by atoms with Crippen molar-refractivity contribution < 1.29 is 14.3 Å². The van der Waals surface area contributed by atoms with Crippen molar-refractivity contribution in [2.75, 3.05) is 19.0 Å². The number of ketones is 1. The summed E-state index contributed by atoms with van der Waals surface area (Å²) in [6, 6.07) is 14.1. The van der Waals surface area contributed by atoms with E-state index in [0.717, 1.165) is 42.1 Å². The molecule has 0 aliphatic carbocycles. The minimum atomic E-state index is 0.0152. The first kappa shape index (κ1) is 49.9. The number of thioether (sulfide) groups is 1. The van der Waals surface area contributed by atoms with Gasteiger partial charge in [-0.05, 0) is 73.1 Å². The van der Waals surface area contributed by atoms with E-state index in [1.807, 2.05) is 48.2 Å². The summed E-state index contributed by atoms with van der Waals surface area (Å²) in [6.45, 7) is 8.20. The molecular formula is C52H86O3S. The molecule has 0 aliphatic rings. The number of carbonyl (C=O) groups excluding carboxylic acids is 1. The molecule has 0 unspecified atom stereocenters. The summed E-state index contributed by atoms with van der Waals surface area (Å²) in [5.74, 6) is 2.76. The Balaban J connectivity index is 1.71. The lowest BCUT2D eigenvalue weighted by Crippen LogP contribution is -2.01. The van der Waals surface area contributed by atoms with Gasteiger partial charge in [0.2, 0.25) is 0 Å². The van der Waals surface area contributed by atoms with Crippen molar-refractivity contribution >= 4 is 23.6 Å². The quantitative estimate of drug-likeness (QED) is 0.0291. The van der Waals surface area contributed by atoms with Gasteiger partial charge in [-0.2, -0.15) is 0 Å². The van der Waals surface area contributed by atoms with Crippen molar-refractivity contribution in [2.24, 2.45) is 0 Å². The molecule has 0 aliphatic heterocycles. The second-order valence-corrected chi connectivity index (χ2v) is 17.6. The summed E-state index contributed by atoms with van der Waals surface area (Å²) in [7, 11) is 0. The number of hydrogen-bond donors (Lipinski definition) is 0. The maximum absolute atomic E-state index is 13.0. The second kappa shape index (κ2) is 37.1. The third-order valence-electron chi connectivity index (χ3n) is 11.0. The van der Waals surface area contributed by atoms with Crippen LogP contribution in [0.3, 0.4) is 0 Å². The SMILES string of the molecule is CCCCCCCCCCCCCCCCCOc1cc(/C=C/C(=O)c2ccc(SCCC)cc2)cc(OCCCCCCCCCCCCCCCCC)c1. The van der Waals surface area contributed by atoms with Crippen molar-refractivity contribution in [3.63, 3.8) is 0 Å². The molecule has 0 bridgehead atoms. The first-order valence-electron chi connectivity index (χ1n) is 24.0. The molecule has 56 heavy (non-hydrogen) atoms. The lowest BCUT2D eigenvalue weighted by Gasteiger charge is -2.12. The van der Waals surface area contributed by atoms with E-state index in [9.17, 15) is 4.79 Å². The van der Waals surface area contributed by atoms with Crippen molar-refractivity contribution in [1.29, 1.82) is 0 Å². The van der Waals surface area contributed by atoms with E-state index in [2.05, 4.69) is 32.9 Å². The zero-order valence-electron chi connectivity index (χ0n) is 36.9. The molecule has 0 N–H and O–H groups in total. The average Bonchev–Trinajstić information content (AvgIpc) is 3.22. The zero-order valence-corrected chi connectivity index (χ0v) is 37.7. The fraction of sp³-hybridized carbons (Fsp3) is 0.712. The number of benzene rings is 2. The van der Waals surface area contributed by atoms with Crippen LogP contribution in [0.15, 0.2) is 53.4 Å². The molecule has 0 saturated carbocycles. The van der Waals surface area contributed by atoms with Crippen LogP contribution < -0.4 is 9.47 Å². The van der Waals surface area contributed by atoms with Crippen molar-refractivity contribution in [3.8, 4) is 11.5 Å². The smallest absolute Gasteiger partial charge is 0.185 e. The summed E-state index contributed by atoms with van der Waals surface area (Å²) >= 11 is 1.83. The molecule has 3 nitrogen and oxygen atoms in total. The molecule has 0 saturated heterocycles. The predicted octanol–water partition coefficient (Wildman–Crippen LogP) is 17.6. The van der Waals surface area contributed by atoms with E-state index < -0.39 is 0 Å². The topological polar surface area (TPSA) is 35.5 Å². The van der Waals surface area contributed by atoms with Gasteiger partial charge in [-0.1, -0.05) is 207 Å². The summed E-state index contributed by atoms with van der Waals surface area (Å²) in [4.78, 5) is 14.2. The van der Waals surface area contributed by atoms with Gasteiger partial charge in [0.25, 0.3) is 0 Å². The van der Waals surface area contributed by atoms with Crippen LogP contribution in [0.1, 0.15) is 236 Å². The highest BCUT2D eigenvalue weighted by Crippen LogP contribution is 2.26. The standard InChI is InChI=1S/C52H86O3S/c1-4-7-9-11-13-15-17-19-21-23-25-27-29-31-33-41-54-49-44-47(35-40-52(53)48-36-38-51(39-37-48)56-43-6-3)45-50(46-49)55-42-34-32-30-28-26-24-22-20-18-16-14-12-10-8-5-2/h35-40,44-46H,4-34,41-43H2,1-3H3/b40-35+. The molecule has 318 valence electrons. The van der Waals surface area contributed by atoms with E-state index in [0.29, 0.717) is 18.8 Å². The third-order valence-corrected chi connectivity index (χ3v) is 12.2. The molecule has 4 heteroatoms. The number of allylic oxidation sites excluding steroid dienone is 1. The fourth-order valence-corrected chi connectivity index (χ4v) is 8.16. The van der Waals surface area contributed by atoms with Crippen LogP contribution >= 0.6 is 11.8 Å². The van der Waals surface area contributed by atoms with Gasteiger partial charge in [0.15, 0.2) is 5.78 Å². The van der Waals surface area contributed by atoms with Crippen molar-refractivity contribution in [1.82, 2.24) is 0 Å². The van der Waals surface area contributed by atoms with Crippen molar-refractivity contribution in [3.05, 3.63) is 59.7 Å². The molecule has 2 rings (SSSR count). The van der Waals surface area contributed by atoms with E-state index in [-0.39, 0.29) is 5.78 Å². The largest absolute Gasteiger partial charge is 0.493 e. The molecule has 0 amide bonds. The lowest BCUT2D eigenvalue weighted by atomic mass is 10.0. The van der Waals surface area contributed by atoms with Crippen molar-refractivity contribution in [2.45, 2.75) is 225 Å². The molecule has 0 spiro atoms. The molecular weight excluding hydrogens is 705 g/mol. The van der Waals surface area contributed by atoms with Crippen LogP contribution in [0.2, 0.25) is 0 Å². The molecule has 0 aromatic heterocycles. The summed E-state index contributed by atoms with van der Waals surface area (Å²) < 4.78 is 12.5. The maximum atomic E-state index is 13.0. The van der Waals surface area contributed by atoms with Crippen LogP contribution in [0.25, 0.3) is 6.08 Å². The van der Waals surface area contributed by atoms with E-state index in [4.69, 9.17) is 9.47 Å². The first-order chi connectivity index (χ1) is 27.7. The van der Waals surface area contributed by atoms with Gasteiger partial charge >= 0.3 is 0 Å². The summed E-state index contributed by atoms with van der Waals surface area (Å²) in [6.07, 6.45) is 45.5. The van der Waals surface area contributed by atoms with Crippen LogP contribution in [0.5, 0.6) is 11.5 Å². The average molecular weight is 791 g/mol. The Morgan fingerprint density at radius 2 is 0.821 bits per heavy atom. The zero-order chi connectivity index (χ0) is 40.0. The number of unbranched alkanes of at least 4 members (excludes halogenated alkanes) is 28. The van der Waals surface area contributed by atoms with Crippen LogP contribution in [-0.2, 0) is 0 Å². The minimum absolute atomic E-state index is 0.0152. The van der Waals surface area contributed by atoms with Gasteiger partial charge in [0, 0.05) is 16.5 Å². The minimum Gasteiger partial charge on any atom is -0.493 e. The maximum Gasteiger partial charge on any atom is 0.185 e. The molecule has 0 radical (unpaired) electrons. The fourth-order valence-electron chi connectivity index (χ4n) is 7.39. The molecule has 0 atom stereocenters. The third kappa shape index (κ3) is 28.2. The van der Waals surface area contributed by atoms with Crippen LogP contribution in [-0.4, -0.2) is 24.7 Å². The molecule has 0 fully saturated rings. The monoisotopic (exact) mass is 791 g/mol. The first-order valence-corrected chi connectivity index (χ1v) is 25.0. The van der Waals surface area contributed by atoms with Crippen LogP contribution in [0, 0.1) is 0 Å². The molecule has 2 aromatic rings.